The van der Waals surface area contributed by atoms with Crippen molar-refractivity contribution in [3.63, 3.8) is 0 Å². The van der Waals surface area contributed by atoms with Gasteiger partial charge in [-0.1, -0.05) is 6.07 Å². The second kappa shape index (κ2) is 4.24. The van der Waals surface area contributed by atoms with Crippen molar-refractivity contribution < 1.29 is 9.59 Å². The minimum absolute atomic E-state index is 0.300. The van der Waals surface area contributed by atoms with Gasteiger partial charge in [0, 0.05) is 11.3 Å². The number of anilines is 1. The summed E-state index contributed by atoms with van der Waals surface area (Å²) in [6.07, 6.45) is 0. The molecule has 0 saturated heterocycles. The van der Waals surface area contributed by atoms with Crippen LogP contribution in [0.1, 0.15) is 10.4 Å². The Balaban J connectivity index is 2.75. The van der Waals surface area contributed by atoms with Crippen LogP contribution in [0.2, 0.25) is 0 Å². The lowest BCUT2D eigenvalue weighted by Gasteiger charge is -2.03. The Kier molecular flexibility index (Phi) is 3.03. The SMILES string of the molecule is NNC(=O)NC(=O)c1cccc(N)c1. The summed E-state index contributed by atoms with van der Waals surface area (Å²) in [6, 6.07) is 5.48. The molecule has 6 heteroatoms. The zero-order valence-corrected chi connectivity index (χ0v) is 7.28. The molecule has 0 aromatic heterocycles. The third-order valence-corrected chi connectivity index (χ3v) is 1.51. The number of amides is 3. The van der Waals surface area contributed by atoms with E-state index < -0.39 is 11.9 Å². The molecule has 1 aromatic carbocycles. The zero-order valence-electron chi connectivity index (χ0n) is 7.28. The standard InChI is InChI=1S/C8H10N4O2/c9-6-3-1-2-5(4-6)7(13)11-8(14)12-10/h1-4H,9-10H2,(H2,11,12,13,14). The minimum Gasteiger partial charge on any atom is -0.399 e. The van der Waals surface area contributed by atoms with Gasteiger partial charge in [-0.3, -0.25) is 15.5 Å². The van der Waals surface area contributed by atoms with E-state index in [4.69, 9.17) is 11.6 Å². The third kappa shape index (κ3) is 2.46. The van der Waals surface area contributed by atoms with Crippen molar-refractivity contribution in [1.29, 1.82) is 0 Å². The highest BCUT2D eigenvalue weighted by molar-refractivity contribution is 6.04. The number of hydrogen-bond donors (Lipinski definition) is 4. The molecular formula is C8H10N4O2. The molecule has 74 valence electrons. The first-order valence-corrected chi connectivity index (χ1v) is 3.81. The number of nitrogen functional groups attached to an aromatic ring is 1. The smallest absolute Gasteiger partial charge is 0.335 e. The van der Waals surface area contributed by atoms with E-state index in [9.17, 15) is 9.59 Å². The minimum atomic E-state index is -0.766. The lowest BCUT2D eigenvalue weighted by atomic mass is 10.2. The van der Waals surface area contributed by atoms with E-state index in [1.807, 2.05) is 5.32 Å². The monoisotopic (exact) mass is 194 g/mol. The highest BCUT2D eigenvalue weighted by Crippen LogP contribution is 2.05. The molecular weight excluding hydrogens is 184 g/mol. The molecule has 3 amide bonds. The van der Waals surface area contributed by atoms with Crippen molar-refractivity contribution >= 4 is 17.6 Å². The largest absolute Gasteiger partial charge is 0.399 e. The average molecular weight is 194 g/mol. The highest BCUT2D eigenvalue weighted by Gasteiger charge is 2.08. The van der Waals surface area contributed by atoms with Crippen LogP contribution in [0.3, 0.4) is 0 Å². The van der Waals surface area contributed by atoms with Gasteiger partial charge < -0.3 is 5.73 Å². The maximum absolute atomic E-state index is 11.3. The van der Waals surface area contributed by atoms with Crippen LogP contribution in [0.4, 0.5) is 10.5 Å². The summed E-state index contributed by atoms with van der Waals surface area (Å²) in [5.41, 5.74) is 7.98. The van der Waals surface area contributed by atoms with E-state index in [1.165, 1.54) is 12.1 Å². The second-order valence-electron chi connectivity index (χ2n) is 2.55. The van der Waals surface area contributed by atoms with E-state index in [2.05, 4.69) is 0 Å². The third-order valence-electron chi connectivity index (χ3n) is 1.51. The molecule has 0 heterocycles. The first-order chi connectivity index (χ1) is 6.63. The molecule has 6 N–H and O–H groups in total. The zero-order chi connectivity index (χ0) is 10.6. The molecule has 0 spiro atoms. The summed E-state index contributed by atoms with van der Waals surface area (Å²) in [5.74, 6) is 4.23. The van der Waals surface area contributed by atoms with Crippen LogP contribution in [-0.2, 0) is 0 Å². The highest BCUT2D eigenvalue weighted by atomic mass is 16.2. The maximum atomic E-state index is 11.3. The van der Waals surface area contributed by atoms with Gasteiger partial charge in [0.15, 0.2) is 0 Å². The number of rotatable bonds is 1. The Morgan fingerprint density at radius 2 is 2.00 bits per heavy atom. The number of urea groups is 1. The van der Waals surface area contributed by atoms with E-state index in [0.29, 0.717) is 11.3 Å². The summed E-state index contributed by atoms with van der Waals surface area (Å²) in [5, 5.41) is 2.00. The summed E-state index contributed by atoms with van der Waals surface area (Å²) in [4.78, 5) is 22.0. The fourth-order valence-corrected chi connectivity index (χ4v) is 0.891. The predicted molar refractivity (Wildman–Crippen MR) is 51.0 cm³/mol. The van der Waals surface area contributed by atoms with Gasteiger partial charge in [-0.05, 0) is 18.2 Å². The van der Waals surface area contributed by atoms with Crippen molar-refractivity contribution in [3.05, 3.63) is 29.8 Å². The van der Waals surface area contributed by atoms with Crippen LogP contribution in [0.25, 0.3) is 0 Å². The fraction of sp³-hybridized carbons (Fsp3) is 0. The molecule has 0 unspecified atom stereocenters. The van der Waals surface area contributed by atoms with Crippen LogP contribution in [0.5, 0.6) is 0 Å². The topological polar surface area (TPSA) is 110 Å². The van der Waals surface area contributed by atoms with Gasteiger partial charge in [0.2, 0.25) is 0 Å². The molecule has 0 aliphatic rings. The molecule has 1 rings (SSSR count). The molecule has 0 bridgehead atoms. The Bertz CT molecular complexity index is 364. The van der Waals surface area contributed by atoms with Crippen LogP contribution < -0.4 is 22.3 Å². The lowest BCUT2D eigenvalue weighted by molar-refractivity contribution is 0.0964. The number of hydrazine groups is 1. The van der Waals surface area contributed by atoms with Crippen molar-refractivity contribution in [1.82, 2.24) is 10.7 Å². The van der Waals surface area contributed by atoms with Gasteiger partial charge in [-0.15, -0.1) is 0 Å². The van der Waals surface area contributed by atoms with Gasteiger partial charge >= 0.3 is 6.03 Å². The van der Waals surface area contributed by atoms with Crippen LogP contribution >= 0.6 is 0 Å². The first-order valence-electron chi connectivity index (χ1n) is 3.81. The summed E-state index contributed by atoms with van der Waals surface area (Å²) in [6.45, 7) is 0. The van der Waals surface area contributed by atoms with E-state index in [-0.39, 0.29) is 0 Å². The number of hydrogen-bond acceptors (Lipinski definition) is 4. The Morgan fingerprint density at radius 1 is 1.29 bits per heavy atom. The fourth-order valence-electron chi connectivity index (χ4n) is 0.891. The number of carbonyl (C=O) groups excluding carboxylic acids is 2. The van der Waals surface area contributed by atoms with E-state index in [0.717, 1.165) is 0 Å². The van der Waals surface area contributed by atoms with Crippen molar-refractivity contribution in [2.24, 2.45) is 5.84 Å². The van der Waals surface area contributed by atoms with Gasteiger partial charge in [-0.2, -0.15) is 0 Å². The van der Waals surface area contributed by atoms with Crippen LogP contribution in [-0.4, -0.2) is 11.9 Å². The normalized spacial score (nSPS) is 9.21. The summed E-state index contributed by atoms with van der Waals surface area (Å²) < 4.78 is 0. The Labute approximate surface area is 80.2 Å². The summed E-state index contributed by atoms with van der Waals surface area (Å²) in [7, 11) is 0. The molecule has 0 aliphatic carbocycles. The number of carbonyl (C=O) groups is 2. The maximum Gasteiger partial charge on any atom is 0.335 e. The molecule has 0 radical (unpaired) electrons. The summed E-state index contributed by atoms with van der Waals surface area (Å²) >= 11 is 0. The molecule has 0 fully saturated rings. The van der Waals surface area contributed by atoms with E-state index in [1.54, 1.807) is 17.6 Å². The molecule has 14 heavy (non-hydrogen) atoms. The number of imide groups is 1. The Morgan fingerprint density at radius 3 is 2.57 bits per heavy atom. The second-order valence-corrected chi connectivity index (χ2v) is 2.55. The average Bonchev–Trinajstić information content (AvgIpc) is 2.17. The number of benzene rings is 1. The number of nitrogens with two attached hydrogens (primary N) is 2. The van der Waals surface area contributed by atoms with Gasteiger partial charge in [0.05, 0.1) is 0 Å². The van der Waals surface area contributed by atoms with Crippen molar-refractivity contribution in [2.45, 2.75) is 0 Å². The Hall–Kier alpha value is -2.08. The lowest BCUT2D eigenvalue weighted by Crippen LogP contribution is -2.42. The van der Waals surface area contributed by atoms with Crippen molar-refractivity contribution in [3.8, 4) is 0 Å². The molecule has 0 saturated carbocycles. The van der Waals surface area contributed by atoms with E-state index >= 15 is 0 Å². The number of nitrogens with one attached hydrogen (secondary N) is 2. The van der Waals surface area contributed by atoms with Gasteiger partial charge in [0.1, 0.15) is 0 Å². The first kappa shape index (κ1) is 10.0. The van der Waals surface area contributed by atoms with Crippen molar-refractivity contribution in [2.75, 3.05) is 5.73 Å². The molecule has 6 nitrogen and oxygen atoms in total. The van der Waals surface area contributed by atoms with Gasteiger partial charge in [-0.25, -0.2) is 10.6 Å². The van der Waals surface area contributed by atoms with Crippen LogP contribution in [0, 0.1) is 0 Å². The molecule has 1 aromatic rings. The molecule has 0 atom stereocenters. The predicted octanol–water partition coefficient (Wildman–Crippen LogP) is -0.418. The quantitative estimate of drug-likeness (QED) is 0.210. The van der Waals surface area contributed by atoms with Gasteiger partial charge in [0.25, 0.3) is 5.91 Å². The molecule has 0 aliphatic heterocycles. The van der Waals surface area contributed by atoms with Crippen LogP contribution in [0.15, 0.2) is 24.3 Å².